The number of nitrogens with one attached hydrogen (secondary N) is 2. The zero-order chi connectivity index (χ0) is 10.5. The molecule has 5 heteroatoms. The molecule has 4 N–H and O–H groups in total. The molecule has 0 atom stereocenters. The number of hydrogen-bond acceptors (Lipinski definition) is 4. The number of rotatable bonds is 1. The van der Waals surface area contributed by atoms with E-state index in [-0.39, 0.29) is 5.84 Å². The number of amidine groups is 1. The summed E-state index contributed by atoms with van der Waals surface area (Å²) in [5.74, 6) is -0.100. The summed E-state index contributed by atoms with van der Waals surface area (Å²) in [4.78, 5) is 11.0. The highest BCUT2D eigenvalue weighted by Gasteiger charge is 2.16. The molecule has 0 bridgehead atoms. The highest BCUT2D eigenvalue weighted by molar-refractivity contribution is 6.00. The first-order chi connectivity index (χ1) is 5.85. The van der Waals surface area contributed by atoms with Crippen LogP contribution in [0.15, 0.2) is 12.3 Å². The van der Waals surface area contributed by atoms with E-state index in [2.05, 4.69) is 5.32 Å². The van der Waals surface area contributed by atoms with Crippen LogP contribution in [0.25, 0.3) is 0 Å². The van der Waals surface area contributed by atoms with Gasteiger partial charge in [-0.1, -0.05) is 0 Å². The molecule has 0 spiro atoms. The summed E-state index contributed by atoms with van der Waals surface area (Å²) in [6.45, 7) is 5.24. The zero-order valence-corrected chi connectivity index (χ0v) is 8.05. The Bertz CT molecular complexity index is 228. The molecule has 0 radical (unpaired) electrons. The van der Waals surface area contributed by atoms with E-state index in [4.69, 9.17) is 15.9 Å². The Kier molecular flexibility index (Phi) is 3.97. The molecule has 0 aliphatic heterocycles. The third-order valence-electron chi connectivity index (χ3n) is 0.899. The fourth-order valence-electron chi connectivity index (χ4n) is 0.551. The summed E-state index contributed by atoms with van der Waals surface area (Å²) in [5.41, 5.74) is 4.46. The van der Waals surface area contributed by atoms with Crippen LogP contribution in [0.1, 0.15) is 20.8 Å². The van der Waals surface area contributed by atoms with Crippen molar-refractivity contribution in [2.45, 2.75) is 26.4 Å². The van der Waals surface area contributed by atoms with Crippen LogP contribution in [0.2, 0.25) is 0 Å². The van der Waals surface area contributed by atoms with Crippen molar-refractivity contribution in [3.63, 3.8) is 0 Å². The fourth-order valence-corrected chi connectivity index (χ4v) is 0.551. The lowest BCUT2D eigenvalue weighted by atomic mass is 10.2. The van der Waals surface area contributed by atoms with Crippen molar-refractivity contribution in [3.05, 3.63) is 12.3 Å². The maximum Gasteiger partial charge on any atom is 0.413 e. The van der Waals surface area contributed by atoms with E-state index >= 15 is 0 Å². The summed E-state index contributed by atoms with van der Waals surface area (Å²) in [7, 11) is 0. The molecule has 74 valence electrons. The number of nitrogens with two attached hydrogens (primary N) is 1. The van der Waals surface area contributed by atoms with E-state index in [0.29, 0.717) is 0 Å². The topological polar surface area (TPSA) is 88.2 Å². The highest BCUT2D eigenvalue weighted by Crippen LogP contribution is 2.06. The van der Waals surface area contributed by atoms with Crippen LogP contribution in [-0.4, -0.2) is 17.5 Å². The molecule has 0 aromatic rings. The van der Waals surface area contributed by atoms with Gasteiger partial charge in [-0.2, -0.15) is 0 Å². The normalized spacial score (nSPS) is 11.3. The third-order valence-corrected chi connectivity index (χ3v) is 0.899. The van der Waals surface area contributed by atoms with Gasteiger partial charge in [0, 0.05) is 0 Å². The van der Waals surface area contributed by atoms with Gasteiger partial charge in [-0.05, 0) is 33.0 Å². The quantitative estimate of drug-likeness (QED) is 0.420. The molecule has 0 aromatic heterocycles. The minimum absolute atomic E-state index is 0.100. The predicted octanol–water partition coefficient (Wildman–Crippen LogP) is 0.961. The van der Waals surface area contributed by atoms with Gasteiger partial charge in [0.1, 0.15) is 11.4 Å². The van der Waals surface area contributed by atoms with Gasteiger partial charge in [0.15, 0.2) is 0 Å². The summed E-state index contributed by atoms with van der Waals surface area (Å²) in [5, 5.41) is 9.34. The molecule has 0 saturated carbocycles. The molecule has 0 saturated heterocycles. The van der Waals surface area contributed by atoms with Gasteiger partial charge in [-0.25, -0.2) is 4.79 Å². The van der Waals surface area contributed by atoms with Gasteiger partial charge < -0.3 is 10.5 Å². The van der Waals surface area contributed by atoms with E-state index in [1.165, 1.54) is 12.3 Å². The second-order valence-electron chi connectivity index (χ2n) is 3.40. The minimum Gasteiger partial charge on any atom is -0.444 e. The average Bonchev–Trinajstić information content (AvgIpc) is 1.81. The minimum atomic E-state index is -0.657. The standard InChI is InChI=1S/C8H15N3O2/c1-8(2,3)13-7(12)11-6(10)4-5-9/h4-5H,9H2,1-3H3,(H2,10,11,12). The Morgan fingerprint density at radius 1 is 1.54 bits per heavy atom. The smallest absolute Gasteiger partial charge is 0.413 e. The van der Waals surface area contributed by atoms with Gasteiger partial charge in [-0.3, -0.25) is 10.7 Å². The lowest BCUT2D eigenvalue weighted by molar-refractivity contribution is 0.0563. The summed E-state index contributed by atoms with van der Waals surface area (Å²) < 4.78 is 4.89. The average molecular weight is 185 g/mol. The first-order valence-corrected chi connectivity index (χ1v) is 3.82. The molecule has 0 rings (SSSR count). The van der Waals surface area contributed by atoms with Crippen molar-refractivity contribution in [2.24, 2.45) is 5.73 Å². The van der Waals surface area contributed by atoms with Crippen LogP contribution in [0.4, 0.5) is 4.79 Å². The van der Waals surface area contributed by atoms with Crippen LogP contribution < -0.4 is 11.1 Å². The molecular formula is C8H15N3O2. The number of ether oxygens (including phenoxy) is 1. The van der Waals surface area contributed by atoms with Crippen molar-refractivity contribution >= 4 is 11.9 Å². The summed E-state index contributed by atoms with van der Waals surface area (Å²) in [6.07, 6.45) is 1.76. The fraction of sp³-hybridized carbons (Fsp3) is 0.500. The number of alkyl carbamates (subject to hydrolysis) is 1. The van der Waals surface area contributed by atoms with E-state index in [1.807, 2.05) is 0 Å². The summed E-state index contributed by atoms with van der Waals surface area (Å²) >= 11 is 0. The van der Waals surface area contributed by atoms with E-state index in [9.17, 15) is 4.79 Å². The van der Waals surface area contributed by atoms with E-state index in [0.717, 1.165) is 0 Å². The zero-order valence-electron chi connectivity index (χ0n) is 8.05. The van der Waals surface area contributed by atoms with Gasteiger partial charge in [-0.15, -0.1) is 0 Å². The molecule has 1 amide bonds. The SMILES string of the molecule is CC(C)(C)OC(=O)NC(=N)C=CN. The highest BCUT2D eigenvalue weighted by atomic mass is 16.6. The maximum atomic E-state index is 11.0. The second-order valence-corrected chi connectivity index (χ2v) is 3.40. The van der Waals surface area contributed by atoms with Crippen molar-refractivity contribution in [1.29, 1.82) is 5.41 Å². The van der Waals surface area contributed by atoms with Crippen LogP contribution in [0, 0.1) is 5.41 Å². The number of carbonyl (C=O) groups is 1. The molecule has 0 aliphatic carbocycles. The molecule has 0 heterocycles. The first kappa shape index (κ1) is 11.5. The Morgan fingerprint density at radius 3 is 2.46 bits per heavy atom. The maximum absolute atomic E-state index is 11.0. The van der Waals surface area contributed by atoms with E-state index in [1.54, 1.807) is 20.8 Å². The lowest BCUT2D eigenvalue weighted by Gasteiger charge is -2.19. The Hall–Kier alpha value is -1.52. The van der Waals surface area contributed by atoms with Crippen molar-refractivity contribution in [1.82, 2.24) is 5.32 Å². The first-order valence-electron chi connectivity index (χ1n) is 3.82. The lowest BCUT2D eigenvalue weighted by Crippen LogP contribution is -2.35. The van der Waals surface area contributed by atoms with Crippen LogP contribution in [0.5, 0.6) is 0 Å². The van der Waals surface area contributed by atoms with Gasteiger partial charge in [0.25, 0.3) is 0 Å². The number of hydrogen-bond donors (Lipinski definition) is 3. The van der Waals surface area contributed by atoms with Crippen molar-refractivity contribution < 1.29 is 9.53 Å². The van der Waals surface area contributed by atoms with Crippen LogP contribution in [0.3, 0.4) is 0 Å². The molecular weight excluding hydrogens is 170 g/mol. The largest absolute Gasteiger partial charge is 0.444 e. The Balaban J connectivity index is 3.96. The predicted molar refractivity (Wildman–Crippen MR) is 50.4 cm³/mol. The Morgan fingerprint density at radius 2 is 2.08 bits per heavy atom. The molecule has 13 heavy (non-hydrogen) atoms. The van der Waals surface area contributed by atoms with Crippen LogP contribution >= 0.6 is 0 Å². The number of carbonyl (C=O) groups excluding carboxylic acids is 1. The molecule has 0 unspecified atom stereocenters. The summed E-state index contributed by atoms with van der Waals surface area (Å²) in [6, 6.07) is 0. The van der Waals surface area contributed by atoms with Gasteiger partial charge in [0.05, 0.1) is 0 Å². The van der Waals surface area contributed by atoms with E-state index < -0.39 is 11.7 Å². The molecule has 0 aromatic carbocycles. The van der Waals surface area contributed by atoms with Crippen molar-refractivity contribution in [2.75, 3.05) is 0 Å². The monoisotopic (exact) mass is 185 g/mol. The molecule has 0 aliphatic rings. The molecule has 5 nitrogen and oxygen atoms in total. The van der Waals surface area contributed by atoms with Gasteiger partial charge in [0.2, 0.25) is 0 Å². The molecule has 0 fully saturated rings. The van der Waals surface area contributed by atoms with Crippen molar-refractivity contribution in [3.8, 4) is 0 Å². The third kappa shape index (κ3) is 6.86. The van der Waals surface area contributed by atoms with Gasteiger partial charge >= 0.3 is 6.09 Å². The Labute approximate surface area is 77.5 Å². The van der Waals surface area contributed by atoms with Crippen LogP contribution in [-0.2, 0) is 4.74 Å². The second kappa shape index (κ2) is 4.49. The number of amides is 1.